The zero-order valence-corrected chi connectivity index (χ0v) is 16.8. The molecule has 3 aromatic carbocycles. The molecule has 0 aliphatic carbocycles. The first-order valence-corrected chi connectivity index (χ1v) is 10.6. The zero-order chi connectivity index (χ0) is 22.6. The number of alkyl halides is 3. The van der Waals surface area contributed by atoms with Gasteiger partial charge in [-0.05, 0) is 54.1 Å². The largest absolute Gasteiger partial charge is 0.416 e. The van der Waals surface area contributed by atoms with Crippen molar-refractivity contribution in [2.24, 2.45) is 0 Å². The van der Waals surface area contributed by atoms with Gasteiger partial charge in [0.1, 0.15) is 11.1 Å². The summed E-state index contributed by atoms with van der Waals surface area (Å²) in [5.74, 6) is -1.31. The van der Waals surface area contributed by atoms with Crippen molar-refractivity contribution in [3.63, 3.8) is 0 Å². The first-order chi connectivity index (χ1) is 14.6. The van der Waals surface area contributed by atoms with Gasteiger partial charge in [-0.15, -0.1) is 0 Å². The summed E-state index contributed by atoms with van der Waals surface area (Å²) < 4.78 is 77.6. The third-order valence-corrected chi connectivity index (χ3v) is 6.73. The van der Waals surface area contributed by atoms with Crippen LogP contribution in [0.2, 0.25) is 0 Å². The fraction of sp³-hybridized carbons (Fsp3) is 0.136. The van der Waals surface area contributed by atoms with Crippen molar-refractivity contribution in [3.8, 4) is 0 Å². The minimum absolute atomic E-state index is 0.0426. The fourth-order valence-electron chi connectivity index (χ4n) is 2.96. The minimum atomic E-state index is -4.53. The summed E-state index contributed by atoms with van der Waals surface area (Å²) in [5.41, 5.74) is -0.538. The first kappa shape index (κ1) is 22.5. The van der Waals surface area contributed by atoms with Crippen LogP contribution in [0.1, 0.15) is 26.7 Å². The maximum Gasteiger partial charge on any atom is 0.416 e. The molecule has 0 aliphatic rings. The molecule has 0 spiro atoms. The summed E-state index contributed by atoms with van der Waals surface area (Å²) in [7, 11) is -4.00. The summed E-state index contributed by atoms with van der Waals surface area (Å²) >= 11 is 0. The van der Waals surface area contributed by atoms with E-state index in [9.17, 15) is 30.8 Å². The highest BCUT2D eigenvalue weighted by atomic mass is 32.2. The van der Waals surface area contributed by atoms with Crippen LogP contribution < -0.4 is 5.32 Å². The molecule has 1 atom stereocenters. The van der Waals surface area contributed by atoms with Crippen molar-refractivity contribution in [3.05, 3.63) is 101 Å². The fourth-order valence-corrected chi connectivity index (χ4v) is 4.62. The molecule has 0 bridgehead atoms. The Morgan fingerprint density at radius 2 is 1.45 bits per heavy atom. The molecular weight excluding hydrogens is 434 g/mol. The number of hydrogen-bond acceptors (Lipinski definition) is 3. The lowest BCUT2D eigenvalue weighted by atomic mass is 10.1. The van der Waals surface area contributed by atoms with Crippen molar-refractivity contribution in [1.82, 2.24) is 5.32 Å². The molecule has 1 amide bonds. The van der Waals surface area contributed by atoms with Gasteiger partial charge in [-0.3, -0.25) is 4.79 Å². The highest BCUT2D eigenvalue weighted by Gasteiger charge is 2.31. The molecule has 1 N–H and O–H groups in total. The number of amides is 1. The molecule has 0 aromatic heterocycles. The molecule has 31 heavy (non-hydrogen) atoms. The van der Waals surface area contributed by atoms with Crippen LogP contribution in [-0.4, -0.2) is 20.9 Å². The van der Waals surface area contributed by atoms with E-state index in [0.29, 0.717) is 5.56 Å². The molecule has 0 radical (unpaired) electrons. The number of nitrogens with one attached hydrogen (secondary N) is 1. The van der Waals surface area contributed by atoms with Crippen LogP contribution in [0.5, 0.6) is 0 Å². The van der Waals surface area contributed by atoms with Crippen LogP contribution >= 0.6 is 0 Å². The van der Waals surface area contributed by atoms with Crippen LogP contribution in [0.3, 0.4) is 0 Å². The van der Waals surface area contributed by atoms with Crippen LogP contribution in [0.15, 0.2) is 83.8 Å². The Kier molecular flexibility index (Phi) is 6.45. The number of halogens is 4. The molecule has 0 fully saturated rings. The van der Waals surface area contributed by atoms with Gasteiger partial charge < -0.3 is 5.32 Å². The molecule has 3 aromatic rings. The molecule has 0 heterocycles. The van der Waals surface area contributed by atoms with Gasteiger partial charge in [-0.25, -0.2) is 12.8 Å². The molecule has 1 unspecified atom stereocenters. The van der Waals surface area contributed by atoms with Crippen LogP contribution in [0.25, 0.3) is 0 Å². The highest BCUT2D eigenvalue weighted by Crippen LogP contribution is 2.30. The summed E-state index contributed by atoms with van der Waals surface area (Å²) in [6, 6.07) is 16.0. The van der Waals surface area contributed by atoms with Crippen LogP contribution in [-0.2, 0) is 16.0 Å². The Morgan fingerprint density at radius 3 is 2.00 bits per heavy atom. The van der Waals surface area contributed by atoms with Crippen LogP contribution in [0.4, 0.5) is 17.6 Å². The quantitative estimate of drug-likeness (QED) is 0.433. The average Bonchev–Trinajstić information content (AvgIpc) is 2.74. The number of hydrogen-bond donors (Lipinski definition) is 1. The summed E-state index contributed by atoms with van der Waals surface area (Å²) in [4.78, 5) is 12.3. The van der Waals surface area contributed by atoms with Crippen molar-refractivity contribution >= 4 is 15.7 Å². The number of carbonyl (C=O) groups is 1. The van der Waals surface area contributed by atoms with E-state index in [1.54, 1.807) is 30.3 Å². The molecule has 0 saturated carbocycles. The average molecular weight is 451 g/mol. The monoisotopic (exact) mass is 451 g/mol. The van der Waals surface area contributed by atoms with E-state index in [4.69, 9.17) is 0 Å². The maximum absolute atomic E-state index is 13.2. The second-order valence-electron chi connectivity index (χ2n) is 6.68. The summed E-state index contributed by atoms with van der Waals surface area (Å²) in [6.45, 7) is -0.330. The molecule has 9 heteroatoms. The minimum Gasteiger partial charge on any atom is -0.350 e. The second kappa shape index (κ2) is 8.89. The van der Waals surface area contributed by atoms with Crippen LogP contribution in [0, 0.1) is 5.82 Å². The van der Waals surface area contributed by atoms with E-state index >= 15 is 0 Å². The van der Waals surface area contributed by atoms with Crippen molar-refractivity contribution in [1.29, 1.82) is 0 Å². The molecule has 162 valence electrons. The van der Waals surface area contributed by atoms with Gasteiger partial charge in [-0.1, -0.05) is 30.3 Å². The Labute approximate surface area is 176 Å². The maximum atomic E-state index is 13.2. The van der Waals surface area contributed by atoms with Crippen molar-refractivity contribution < 1.29 is 30.8 Å². The van der Waals surface area contributed by atoms with E-state index in [2.05, 4.69) is 5.32 Å². The smallest absolute Gasteiger partial charge is 0.350 e. The molecular formula is C22H17F4NO3S. The number of rotatable bonds is 6. The van der Waals surface area contributed by atoms with Gasteiger partial charge in [0.05, 0.1) is 10.5 Å². The zero-order valence-electron chi connectivity index (χ0n) is 15.9. The van der Waals surface area contributed by atoms with Gasteiger partial charge in [0, 0.05) is 12.1 Å². The van der Waals surface area contributed by atoms with E-state index in [-0.39, 0.29) is 17.0 Å². The van der Waals surface area contributed by atoms with Gasteiger partial charge in [0.15, 0.2) is 9.84 Å². The standard InChI is InChI=1S/C22H17F4NO3S/c23-18-10-12-19(13-11-18)31(29,30)20(15-4-2-1-3-5-15)14-27-21(28)16-6-8-17(9-7-16)22(24,25)26/h1-13,20H,14H2,(H,27,28). The normalized spacial score (nSPS) is 12.9. The van der Waals surface area contributed by atoms with E-state index in [1.807, 2.05) is 0 Å². The number of benzene rings is 3. The third-order valence-electron chi connectivity index (χ3n) is 4.61. The molecule has 0 saturated heterocycles. The number of sulfone groups is 1. The predicted octanol–water partition coefficient (Wildman–Crippen LogP) is 4.79. The lowest BCUT2D eigenvalue weighted by Crippen LogP contribution is -2.32. The van der Waals surface area contributed by atoms with E-state index in [1.165, 1.54) is 0 Å². The Bertz CT molecular complexity index is 1140. The van der Waals surface area contributed by atoms with Gasteiger partial charge in [0.25, 0.3) is 5.91 Å². The third kappa shape index (κ3) is 5.29. The second-order valence-corrected chi connectivity index (χ2v) is 8.81. The SMILES string of the molecule is O=C(NCC(c1ccccc1)S(=O)(=O)c1ccc(F)cc1)c1ccc(C(F)(F)F)cc1. The Morgan fingerprint density at radius 1 is 0.871 bits per heavy atom. The lowest BCUT2D eigenvalue weighted by Gasteiger charge is -2.19. The topological polar surface area (TPSA) is 63.2 Å². The molecule has 4 nitrogen and oxygen atoms in total. The highest BCUT2D eigenvalue weighted by molar-refractivity contribution is 7.91. The first-order valence-electron chi connectivity index (χ1n) is 9.09. The van der Waals surface area contributed by atoms with E-state index < -0.39 is 38.6 Å². The van der Waals surface area contributed by atoms with Crippen molar-refractivity contribution in [2.75, 3.05) is 6.54 Å². The summed E-state index contributed by atoms with van der Waals surface area (Å²) in [6.07, 6.45) is -4.53. The Hall–Kier alpha value is -3.20. The molecule has 3 rings (SSSR count). The number of carbonyl (C=O) groups excluding carboxylic acids is 1. The predicted molar refractivity (Wildman–Crippen MR) is 107 cm³/mol. The van der Waals surface area contributed by atoms with Gasteiger partial charge >= 0.3 is 6.18 Å². The van der Waals surface area contributed by atoms with Gasteiger partial charge in [0.2, 0.25) is 0 Å². The van der Waals surface area contributed by atoms with E-state index in [0.717, 1.165) is 48.5 Å². The van der Waals surface area contributed by atoms with Crippen molar-refractivity contribution in [2.45, 2.75) is 16.3 Å². The lowest BCUT2D eigenvalue weighted by molar-refractivity contribution is -0.137. The Balaban J connectivity index is 1.84. The summed E-state index contributed by atoms with van der Waals surface area (Å²) in [5, 5.41) is 1.29. The molecule has 0 aliphatic heterocycles. The van der Waals surface area contributed by atoms with Gasteiger partial charge in [-0.2, -0.15) is 13.2 Å².